The molecule has 0 aromatic heterocycles. The van der Waals surface area contributed by atoms with E-state index in [1.165, 1.54) is 17.0 Å². The SMILES string of the molecule is C=C1CCCN1C(=O)c1cccc(N2CCO[C@H]([C@@H](O)C(=O)Nc3ccc(C(=N)N)cc3)C2=O)c1. The molecule has 0 spiro atoms. The molecule has 3 amide bonds. The summed E-state index contributed by atoms with van der Waals surface area (Å²) in [5.41, 5.74) is 7.95. The smallest absolute Gasteiger partial charge is 0.259 e. The van der Waals surface area contributed by atoms with Gasteiger partial charge < -0.3 is 30.7 Å². The molecule has 4 rings (SSSR count). The van der Waals surface area contributed by atoms with Crippen LogP contribution in [0.2, 0.25) is 0 Å². The minimum absolute atomic E-state index is 0.106. The highest BCUT2D eigenvalue weighted by atomic mass is 16.5. The Hall–Kier alpha value is -4.02. The molecular weight excluding hydrogens is 450 g/mol. The largest absolute Gasteiger partial charge is 0.384 e. The third-order valence-electron chi connectivity index (χ3n) is 6.02. The minimum Gasteiger partial charge on any atom is -0.384 e. The summed E-state index contributed by atoms with van der Waals surface area (Å²) in [6.45, 7) is 4.87. The van der Waals surface area contributed by atoms with Crippen LogP contribution >= 0.6 is 0 Å². The van der Waals surface area contributed by atoms with Crippen LogP contribution in [-0.2, 0) is 14.3 Å². The number of hydrogen-bond acceptors (Lipinski definition) is 6. The molecule has 10 nitrogen and oxygen atoms in total. The highest BCUT2D eigenvalue weighted by Crippen LogP contribution is 2.26. The fourth-order valence-electron chi connectivity index (χ4n) is 4.12. The van der Waals surface area contributed by atoms with Crippen LogP contribution in [0.25, 0.3) is 0 Å². The first-order chi connectivity index (χ1) is 16.8. The minimum atomic E-state index is -1.75. The number of carbonyl (C=O) groups is 3. The number of nitrogen functional groups attached to an aromatic ring is 1. The zero-order valence-electron chi connectivity index (χ0n) is 19.1. The predicted octanol–water partition coefficient (Wildman–Crippen LogP) is 1.45. The lowest BCUT2D eigenvalue weighted by atomic mass is 10.1. The van der Waals surface area contributed by atoms with Crippen LogP contribution in [0.4, 0.5) is 11.4 Å². The first-order valence-corrected chi connectivity index (χ1v) is 11.2. The third-order valence-corrected chi connectivity index (χ3v) is 6.02. The van der Waals surface area contributed by atoms with E-state index in [0.29, 0.717) is 29.0 Å². The zero-order valence-corrected chi connectivity index (χ0v) is 19.1. The highest BCUT2D eigenvalue weighted by molar-refractivity contribution is 6.05. The van der Waals surface area contributed by atoms with E-state index in [-0.39, 0.29) is 24.9 Å². The summed E-state index contributed by atoms with van der Waals surface area (Å²) in [6, 6.07) is 12.9. The number of aliphatic hydroxyl groups excluding tert-OH is 1. The van der Waals surface area contributed by atoms with Crippen LogP contribution in [0, 0.1) is 5.41 Å². The number of aliphatic hydroxyl groups is 1. The summed E-state index contributed by atoms with van der Waals surface area (Å²) in [5, 5.41) is 20.5. The number of rotatable bonds is 6. The van der Waals surface area contributed by atoms with Gasteiger partial charge in [0.15, 0.2) is 12.2 Å². The molecule has 2 atom stereocenters. The quantitative estimate of drug-likeness (QED) is 0.365. The number of anilines is 2. The number of amides is 3. The molecule has 2 fully saturated rings. The fourth-order valence-corrected chi connectivity index (χ4v) is 4.12. The van der Waals surface area contributed by atoms with Gasteiger partial charge in [-0.1, -0.05) is 12.6 Å². The van der Waals surface area contributed by atoms with Gasteiger partial charge in [0, 0.05) is 41.3 Å². The summed E-state index contributed by atoms with van der Waals surface area (Å²) < 4.78 is 5.45. The van der Waals surface area contributed by atoms with Crippen molar-refractivity contribution in [3.05, 3.63) is 71.9 Å². The second-order valence-corrected chi connectivity index (χ2v) is 8.38. The van der Waals surface area contributed by atoms with Crippen LogP contribution in [-0.4, -0.2) is 65.5 Å². The van der Waals surface area contributed by atoms with Crippen molar-refractivity contribution in [2.45, 2.75) is 25.0 Å². The summed E-state index contributed by atoms with van der Waals surface area (Å²) in [6.07, 6.45) is -1.52. The number of amidine groups is 1. The lowest BCUT2D eigenvalue weighted by Gasteiger charge is -2.34. The number of nitrogens with one attached hydrogen (secondary N) is 2. The van der Waals surface area contributed by atoms with Crippen LogP contribution < -0.4 is 16.0 Å². The van der Waals surface area contributed by atoms with Gasteiger partial charge in [0.1, 0.15) is 5.84 Å². The van der Waals surface area contributed by atoms with Crippen LogP contribution in [0.1, 0.15) is 28.8 Å². The second kappa shape index (κ2) is 10.1. The van der Waals surface area contributed by atoms with Gasteiger partial charge in [0.2, 0.25) is 0 Å². The first-order valence-electron chi connectivity index (χ1n) is 11.2. The maximum absolute atomic E-state index is 13.1. The standard InChI is InChI=1S/C25H27N5O5/c1-15-4-3-11-29(15)24(33)17-5-2-6-19(14-17)30-12-13-35-21(25(30)34)20(31)23(32)28-18-9-7-16(8-10-18)22(26)27/h2,5-10,14,20-21,31H,1,3-4,11-13H2,(H3,26,27)(H,28,32)/t20-,21-/m1/s1. The Morgan fingerprint density at radius 2 is 1.91 bits per heavy atom. The predicted molar refractivity (Wildman–Crippen MR) is 130 cm³/mol. The van der Waals surface area contributed by atoms with Crippen molar-refractivity contribution in [2.75, 3.05) is 29.9 Å². The Morgan fingerprint density at radius 3 is 2.57 bits per heavy atom. The molecule has 2 heterocycles. The molecule has 182 valence electrons. The molecule has 2 saturated heterocycles. The van der Waals surface area contributed by atoms with E-state index in [1.807, 2.05) is 0 Å². The van der Waals surface area contributed by atoms with E-state index in [0.717, 1.165) is 18.5 Å². The molecular formula is C25H27N5O5. The van der Waals surface area contributed by atoms with Crippen molar-refractivity contribution in [3.63, 3.8) is 0 Å². The Kier molecular flexibility index (Phi) is 6.94. The van der Waals surface area contributed by atoms with Crippen LogP contribution in [0.5, 0.6) is 0 Å². The summed E-state index contributed by atoms with van der Waals surface area (Å²) >= 11 is 0. The molecule has 2 aliphatic heterocycles. The maximum Gasteiger partial charge on any atom is 0.259 e. The second-order valence-electron chi connectivity index (χ2n) is 8.38. The van der Waals surface area contributed by atoms with Gasteiger partial charge >= 0.3 is 0 Å². The third kappa shape index (κ3) is 5.08. The number of nitrogens with zero attached hydrogens (tertiary/aromatic N) is 2. The van der Waals surface area contributed by atoms with E-state index in [1.54, 1.807) is 41.3 Å². The summed E-state index contributed by atoms with van der Waals surface area (Å²) in [7, 11) is 0. The Balaban J connectivity index is 1.46. The van der Waals surface area contributed by atoms with E-state index >= 15 is 0 Å². The lowest BCUT2D eigenvalue weighted by Crippen LogP contribution is -2.55. The van der Waals surface area contributed by atoms with E-state index in [2.05, 4.69) is 11.9 Å². The van der Waals surface area contributed by atoms with Crippen molar-refractivity contribution in [1.29, 1.82) is 5.41 Å². The summed E-state index contributed by atoms with van der Waals surface area (Å²) in [4.78, 5) is 41.7. The van der Waals surface area contributed by atoms with Gasteiger partial charge in [-0.15, -0.1) is 0 Å². The molecule has 10 heteroatoms. The Bertz CT molecular complexity index is 1180. The molecule has 0 aliphatic carbocycles. The van der Waals surface area contributed by atoms with Gasteiger partial charge in [0.25, 0.3) is 17.7 Å². The number of ether oxygens (including phenoxy) is 1. The van der Waals surface area contributed by atoms with Gasteiger partial charge in [-0.25, -0.2) is 0 Å². The number of likely N-dealkylation sites (tertiary alicyclic amines) is 1. The number of benzene rings is 2. The topological polar surface area (TPSA) is 149 Å². The molecule has 35 heavy (non-hydrogen) atoms. The monoisotopic (exact) mass is 477 g/mol. The van der Waals surface area contributed by atoms with Crippen molar-refractivity contribution in [3.8, 4) is 0 Å². The highest BCUT2D eigenvalue weighted by Gasteiger charge is 2.39. The maximum atomic E-state index is 13.1. The van der Waals surface area contributed by atoms with Crippen molar-refractivity contribution in [2.24, 2.45) is 5.73 Å². The van der Waals surface area contributed by atoms with Gasteiger partial charge in [-0.3, -0.25) is 19.8 Å². The van der Waals surface area contributed by atoms with Crippen LogP contribution in [0.15, 0.2) is 60.8 Å². The molecule has 5 N–H and O–H groups in total. The number of hydrogen-bond donors (Lipinski definition) is 4. The number of morpholine rings is 1. The Morgan fingerprint density at radius 1 is 1.17 bits per heavy atom. The van der Waals surface area contributed by atoms with Gasteiger partial charge in [-0.2, -0.15) is 0 Å². The van der Waals surface area contributed by atoms with Crippen molar-refractivity contribution < 1.29 is 24.2 Å². The van der Waals surface area contributed by atoms with Crippen molar-refractivity contribution >= 4 is 34.9 Å². The molecule has 0 bridgehead atoms. The molecule has 2 aromatic rings. The molecule has 2 aromatic carbocycles. The normalized spacial score (nSPS) is 18.9. The molecule has 0 saturated carbocycles. The number of allylic oxidation sites excluding steroid dienone is 1. The average Bonchev–Trinajstić information content (AvgIpc) is 3.29. The number of nitrogens with two attached hydrogens (primary N) is 1. The first kappa shape index (κ1) is 24.1. The van der Waals surface area contributed by atoms with E-state index < -0.39 is 24.0 Å². The molecule has 2 aliphatic rings. The summed E-state index contributed by atoms with van der Waals surface area (Å²) in [5.74, 6) is -1.68. The lowest BCUT2D eigenvalue weighted by molar-refractivity contribution is -0.150. The molecule has 0 radical (unpaired) electrons. The fraction of sp³-hybridized carbons (Fsp3) is 0.280. The van der Waals surface area contributed by atoms with Gasteiger partial charge in [-0.05, 0) is 55.3 Å². The Labute approximate surface area is 202 Å². The van der Waals surface area contributed by atoms with E-state index in [4.69, 9.17) is 15.9 Å². The van der Waals surface area contributed by atoms with Crippen LogP contribution in [0.3, 0.4) is 0 Å². The van der Waals surface area contributed by atoms with E-state index in [9.17, 15) is 19.5 Å². The number of carbonyl (C=O) groups excluding carboxylic acids is 3. The molecule has 0 unspecified atom stereocenters. The van der Waals surface area contributed by atoms with Crippen molar-refractivity contribution in [1.82, 2.24) is 4.90 Å². The van der Waals surface area contributed by atoms with Gasteiger partial charge in [0.05, 0.1) is 6.61 Å². The average molecular weight is 478 g/mol. The zero-order chi connectivity index (χ0) is 25.1.